The number of benzene rings is 1. The Morgan fingerprint density at radius 2 is 1.86 bits per heavy atom. The number of aromatic amines is 1. The van der Waals surface area contributed by atoms with E-state index in [1.807, 2.05) is 0 Å². The van der Waals surface area contributed by atoms with Gasteiger partial charge in [0.25, 0.3) is 0 Å². The van der Waals surface area contributed by atoms with Gasteiger partial charge in [-0.05, 0) is 45.9 Å². The summed E-state index contributed by atoms with van der Waals surface area (Å²) in [6.45, 7) is 6.86. The number of hydrogen-bond donors (Lipinski definition) is 1. The second-order valence-electron chi connectivity index (χ2n) is 6.00. The van der Waals surface area contributed by atoms with Gasteiger partial charge in [0.15, 0.2) is 0 Å². The Kier molecular flexibility index (Phi) is 4.32. The smallest absolute Gasteiger partial charge is 0.416 e. The Balaban J connectivity index is 2.59. The van der Waals surface area contributed by atoms with Gasteiger partial charge in [0, 0.05) is 22.7 Å². The number of fused-ring (bicyclic) bond motifs is 1. The summed E-state index contributed by atoms with van der Waals surface area (Å²) in [6, 6.07) is 3.80. The van der Waals surface area contributed by atoms with Gasteiger partial charge in [-0.25, -0.2) is 0 Å². The quantitative estimate of drug-likeness (QED) is 0.641. The highest BCUT2D eigenvalue weighted by molar-refractivity contribution is 7.91. The lowest BCUT2D eigenvalue weighted by Crippen LogP contribution is -2.26. The van der Waals surface area contributed by atoms with Crippen molar-refractivity contribution < 1.29 is 17.7 Å². The van der Waals surface area contributed by atoms with E-state index in [2.05, 4.69) is 9.38 Å². The maximum absolute atomic E-state index is 13.0. The van der Waals surface area contributed by atoms with Gasteiger partial charge >= 0.3 is 6.18 Å². The van der Waals surface area contributed by atoms with Gasteiger partial charge in [0.2, 0.25) is 0 Å². The molecule has 22 heavy (non-hydrogen) atoms. The maximum atomic E-state index is 13.0. The number of alkyl halides is 3. The van der Waals surface area contributed by atoms with Crippen molar-refractivity contribution >= 4 is 28.0 Å². The van der Waals surface area contributed by atoms with E-state index in [0.29, 0.717) is 22.2 Å². The first kappa shape index (κ1) is 16.9. The average Bonchev–Trinajstić information content (AvgIpc) is 2.83. The molecule has 0 aliphatic carbocycles. The molecule has 0 radical (unpaired) electrons. The van der Waals surface area contributed by atoms with Crippen molar-refractivity contribution in [1.29, 1.82) is 0 Å². The van der Waals surface area contributed by atoms with E-state index in [1.54, 1.807) is 40.0 Å². The molecule has 2 aromatic rings. The summed E-state index contributed by atoms with van der Waals surface area (Å²) in [5.41, 5.74) is 0.280. The van der Waals surface area contributed by atoms with Gasteiger partial charge in [-0.1, -0.05) is 4.40 Å². The summed E-state index contributed by atoms with van der Waals surface area (Å²) in [5, 5.41) is 0.625. The number of nitrogens with zero attached hydrogens (tertiary/aromatic N) is 1. The summed E-state index contributed by atoms with van der Waals surface area (Å²) in [4.78, 5) is 2.78. The Labute approximate surface area is 129 Å². The van der Waals surface area contributed by atoms with Crippen LogP contribution in [0, 0.1) is 0 Å². The molecular formula is C15H17F3N2OS. The van der Waals surface area contributed by atoms with Crippen molar-refractivity contribution in [3.05, 3.63) is 35.5 Å². The third-order valence-electron chi connectivity index (χ3n) is 3.13. The highest BCUT2D eigenvalue weighted by Crippen LogP contribution is 2.33. The van der Waals surface area contributed by atoms with Gasteiger partial charge in [0.1, 0.15) is 16.1 Å². The lowest BCUT2D eigenvalue weighted by atomic mass is 10.0. The minimum Gasteiger partial charge on any atom is -0.591 e. The molecule has 1 aromatic heterocycles. The molecule has 120 valence electrons. The summed E-state index contributed by atoms with van der Waals surface area (Å²) in [6.07, 6.45) is -2.88. The van der Waals surface area contributed by atoms with Crippen LogP contribution < -0.4 is 0 Å². The number of H-pyrrole nitrogens is 1. The molecule has 0 aliphatic rings. The van der Waals surface area contributed by atoms with Gasteiger partial charge in [-0.2, -0.15) is 13.2 Å². The molecule has 0 saturated heterocycles. The zero-order chi connectivity index (χ0) is 16.7. The van der Waals surface area contributed by atoms with Crippen LogP contribution in [0.15, 0.2) is 28.8 Å². The lowest BCUT2D eigenvalue weighted by Gasteiger charge is -2.19. The molecular weight excluding hydrogens is 313 g/mol. The summed E-state index contributed by atoms with van der Waals surface area (Å²) < 4.78 is 54.6. The fraction of sp³-hybridized carbons (Fsp3) is 0.400. The van der Waals surface area contributed by atoms with E-state index >= 15 is 0 Å². The molecule has 1 unspecified atom stereocenters. The molecule has 0 fully saturated rings. The first-order chi connectivity index (χ1) is 10.00. The van der Waals surface area contributed by atoms with Crippen LogP contribution in [0.5, 0.6) is 0 Å². The predicted octanol–water partition coefficient (Wildman–Crippen LogP) is 4.46. The fourth-order valence-electron chi connectivity index (χ4n) is 1.94. The first-order valence-corrected chi connectivity index (χ1v) is 7.77. The van der Waals surface area contributed by atoms with E-state index < -0.39 is 27.8 Å². The average molecular weight is 330 g/mol. The standard InChI is InChI=1S/C15H17F3N2OS/c1-9(20-22(21)14(2,3)4)12-7-10(15(16,17)18)8-13-11(12)5-6-19-13/h5-8,19H,1-4H3. The van der Waals surface area contributed by atoms with Crippen molar-refractivity contribution in [2.24, 2.45) is 4.40 Å². The summed E-state index contributed by atoms with van der Waals surface area (Å²) in [7, 11) is 0. The van der Waals surface area contributed by atoms with Gasteiger partial charge in [-0.3, -0.25) is 0 Å². The molecule has 1 aromatic carbocycles. The molecule has 0 spiro atoms. The van der Waals surface area contributed by atoms with Crippen molar-refractivity contribution in [2.75, 3.05) is 0 Å². The van der Waals surface area contributed by atoms with E-state index in [-0.39, 0.29) is 0 Å². The zero-order valence-corrected chi connectivity index (χ0v) is 13.5. The minimum atomic E-state index is -4.45. The van der Waals surface area contributed by atoms with Crippen molar-refractivity contribution in [2.45, 2.75) is 38.6 Å². The second kappa shape index (κ2) is 5.62. The third kappa shape index (κ3) is 3.47. The largest absolute Gasteiger partial charge is 0.591 e. The molecule has 0 saturated carbocycles. The third-order valence-corrected chi connectivity index (χ3v) is 4.62. The molecule has 0 bridgehead atoms. The van der Waals surface area contributed by atoms with Crippen LogP contribution in [0.1, 0.15) is 38.8 Å². The molecule has 0 amide bonds. The van der Waals surface area contributed by atoms with E-state index in [4.69, 9.17) is 0 Å². The maximum Gasteiger partial charge on any atom is 0.416 e. The van der Waals surface area contributed by atoms with Crippen LogP contribution in [0.4, 0.5) is 13.2 Å². The first-order valence-electron chi connectivity index (χ1n) is 6.66. The van der Waals surface area contributed by atoms with Crippen molar-refractivity contribution in [3.8, 4) is 0 Å². The normalized spacial score (nSPS) is 15.4. The molecule has 3 nitrogen and oxygen atoms in total. The Hall–Kier alpha value is -1.47. The summed E-state index contributed by atoms with van der Waals surface area (Å²) >= 11 is -1.53. The number of rotatable bonds is 2. The molecule has 2 rings (SSSR count). The number of nitrogens with one attached hydrogen (secondary N) is 1. The highest BCUT2D eigenvalue weighted by Gasteiger charge is 2.32. The zero-order valence-electron chi connectivity index (χ0n) is 12.7. The van der Waals surface area contributed by atoms with E-state index in [1.165, 1.54) is 0 Å². The number of hydrogen-bond acceptors (Lipinski definition) is 2. The molecule has 1 N–H and O–H groups in total. The summed E-state index contributed by atoms with van der Waals surface area (Å²) in [5.74, 6) is 0. The van der Waals surface area contributed by atoms with Crippen LogP contribution >= 0.6 is 0 Å². The van der Waals surface area contributed by atoms with Crippen molar-refractivity contribution in [3.63, 3.8) is 0 Å². The van der Waals surface area contributed by atoms with Gasteiger partial charge in [-0.15, -0.1) is 0 Å². The van der Waals surface area contributed by atoms with Gasteiger partial charge in [0.05, 0.1) is 11.3 Å². The molecule has 0 aliphatic heterocycles. The molecule has 1 atom stereocenters. The van der Waals surface area contributed by atoms with Crippen LogP contribution in [0.25, 0.3) is 10.9 Å². The van der Waals surface area contributed by atoms with Crippen LogP contribution in [-0.2, 0) is 17.5 Å². The topological polar surface area (TPSA) is 51.2 Å². The van der Waals surface area contributed by atoms with Crippen molar-refractivity contribution in [1.82, 2.24) is 4.98 Å². The fourth-order valence-corrected chi connectivity index (χ4v) is 2.56. The Bertz CT molecular complexity index is 714. The second-order valence-corrected chi connectivity index (χ2v) is 7.90. The molecule has 7 heteroatoms. The minimum absolute atomic E-state index is 0.323. The Morgan fingerprint density at radius 1 is 1.23 bits per heavy atom. The van der Waals surface area contributed by atoms with Crippen LogP contribution in [0.2, 0.25) is 0 Å². The van der Waals surface area contributed by atoms with Crippen LogP contribution in [-0.4, -0.2) is 20.0 Å². The Morgan fingerprint density at radius 3 is 2.41 bits per heavy atom. The highest BCUT2D eigenvalue weighted by atomic mass is 32.2. The number of halogens is 3. The predicted molar refractivity (Wildman–Crippen MR) is 83.4 cm³/mol. The number of aromatic nitrogens is 1. The SMILES string of the molecule is CC(=N[S+]([O-])C(C)(C)C)c1cc(C(F)(F)F)cc2[nH]ccc12. The van der Waals surface area contributed by atoms with Crippen LogP contribution in [0.3, 0.4) is 0 Å². The molecule has 1 heterocycles. The van der Waals surface area contributed by atoms with Gasteiger partial charge < -0.3 is 9.54 Å². The lowest BCUT2D eigenvalue weighted by molar-refractivity contribution is -0.137. The monoisotopic (exact) mass is 330 g/mol. The van der Waals surface area contributed by atoms with E-state index in [0.717, 1.165) is 12.1 Å². The van der Waals surface area contributed by atoms with E-state index in [9.17, 15) is 17.7 Å².